The van der Waals surface area contributed by atoms with Gasteiger partial charge in [0.05, 0.1) is 10.5 Å². The molecular formula is C13H10N2O4S. The minimum atomic E-state index is -1.04. The Morgan fingerprint density at radius 2 is 2.10 bits per heavy atom. The van der Waals surface area contributed by atoms with Crippen LogP contribution in [-0.2, 0) is 0 Å². The van der Waals surface area contributed by atoms with Crippen molar-refractivity contribution >= 4 is 23.4 Å². The molecule has 102 valence electrons. The van der Waals surface area contributed by atoms with Crippen molar-refractivity contribution in [3.05, 3.63) is 57.8 Å². The Morgan fingerprint density at radius 1 is 1.35 bits per heavy atom. The highest BCUT2D eigenvalue weighted by molar-refractivity contribution is 7.99. The van der Waals surface area contributed by atoms with Crippen molar-refractivity contribution < 1.29 is 14.8 Å². The number of nitro benzene ring substituents is 1. The summed E-state index contributed by atoms with van der Waals surface area (Å²) in [6.45, 7) is 1.78. The lowest BCUT2D eigenvalue weighted by molar-refractivity contribution is -0.385. The first-order valence-corrected chi connectivity index (χ1v) is 6.40. The Kier molecular flexibility index (Phi) is 3.99. The fraction of sp³-hybridized carbons (Fsp3) is 0.0769. The molecule has 1 N–H and O–H groups in total. The van der Waals surface area contributed by atoms with E-state index in [-0.39, 0.29) is 11.3 Å². The zero-order valence-corrected chi connectivity index (χ0v) is 11.3. The van der Waals surface area contributed by atoms with E-state index in [9.17, 15) is 14.9 Å². The van der Waals surface area contributed by atoms with Crippen molar-refractivity contribution in [3.8, 4) is 0 Å². The molecule has 2 rings (SSSR count). The van der Waals surface area contributed by atoms with Crippen LogP contribution in [0.4, 0.5) is 5.69 Å². The van der Waals surface area contributed by atoms with Crippen LogP contribution in [0.1, 0.15) is 15.9 Å². The van der Waals surface area contributed by atoms with Gasteiger partial charge in [-0.25, -0.2) is 9.78 Å². The largest absolute Gasteiger partial charge is 0.478 e. The number of hydrogen-bond donors (Lipinski definition) is 1. The van der Waals surface area contributed by atoms with Crippen molar-refractivity contribution in [2.75, 3.05) is 0 Å². The van der Waals surface area contributed by atoms with Gasteiger partial charge in [-0.05, 0) is 30.7 Å². The number of hydrogen-bond acceptors (Lipinski definition) is 5. The van der Waals surface area contributed by atoms with Crippen molar-refractivity contribution in [2.24, 2.45) is 0 Å². The molecule has 0 aliphatic rings. The highest BCUT2D eigenvalue weighted by atomic mass is 32.2. The van der Waals surface area contributed by atoms with E-state index in [1.54, 1.807) is 13.0 Å². The Hall–Kier alpha value is -2.41. The van der Waals surface area contributed by atoms with Gasteiger partial charge in [-0.1, -0.05) is 11.8 Å². The van der Waals surface area contributed by atoms with Crippen LogP contribution in [0.25, 0.3) is 0 Å². The lowest BCUT2D eigenvalue weighted by Gasteiger charge is -2.03. The van der Waals surface area contributed by atoms with Gasteiger partial charge in [-0.3, -0.25) is 10.1 Å². The first kappa shape index (κ1) is 14.0. The van der Waals surface area contributed by atoms with Gasteiger partial charge in [0.25, 0.3) is 5.69 Å². The van der Waals surface area contributed by atoms with Crippen LogP contribution in [-0.4, -0.2) is 21.0 Å². The molecule has 0 aliphatic heterocycles. The Morgan fingerprint density at radius 3 is 2.65 bits per heavy atom. The smallest absolute Gasteiger partial charge is 0.337 e. The second-order valence-electron chi connectivity index (χ2n) is 4.05. The van der Waals surface area contributed by atoms with Crippen molar-refractivity contribution in [1.82, 2.24) is 4.98 Å². The van der Waals surface area contributed by atoms with Gasteiger partial charge in [0.1, 0.15) is 5.03 Å². The number of rotatable bonds is 4. The molecule has 0 unspecified atom stereocenters. The van der Waals surface area contributed by atoms with E-state index in [0.29, 0.717) is 9.92 Å². The molecule has 0 aliphatic carbocycles. The van der Waals surface area contributed by atoms with Gasteiger partial charge in [-0.2, -0.15) is 0 Å². The van der Waals surface area contributed by atoms with Crippen LogP contribution in [0.15, 0.2) is 46.5 Å². The molecule has 0 radical (unpaired) electrons. The van der Waals surface area contributed by atoms with Gasteiger partial charge in [0.15, 0.2) is 0 Å². The van der Waals surface area contributed by atoms with Crippen LogP contribution in [0.2, 0.25) is 0 Å². The molecule has 1 heterocycles. The maximum absolute atomic E-state index is 10.8. The number of nitro groups is 1. The molecule has 0 amide bonds. The van der Waals surface area contributed by atoms with Crippen molar-refractivity contribution in [1.29, 1.82) is 0 Å². The van der Waals surface area contributed by atoms with E-state index in [0.717, 1.165) is 5.56 Å². The Bertz CT molecular complexity index is 671. The highest BCUT2D eigenvalue weighted by Gasteiger charge is 2.10. The molecule has 7 heteroatoms. The number of non-ortho nitro benzene ring substituents is 1. The average molecular weight is 290 g/mol. The molecule has 1 aromatic heterocycles. The number of carboxylic acids is 1. The van der Waals surface area contributed by atoms with E-state index in [2.05, 4.69) is 4.98 Å². The molecule has 0 atom stereocenters. The number of aromatic carboxylic acids is 1. The third kappa shape index (κ3) is 3.33. The standard InChI is InChI=1S/C13H10N2O4S/c1-8-4-10(15(18)19)6-11(5-8)20-12-3-2-9(7-14-12)13(16)17/h2-7H,1H3,(H,16,17). The summed E-state index contributed by atoms with van der Waals surface area (Å²) in [4.78, 5) is 25.8. The van der Waals surface area contributed by atoms with Crippen LogP contribution in [0, 0.1) is 17.0 Å². The molecule has 6 nitrogen and oxygen atoms in total. The number of aromatic nitrogens is 1. The van der Waals surface area contributed by atoms with E-state index in [1.807, 2.05) is 6.07 Å². The number of nitrogens with zero attached hydrogens (tertiary/aromatic N) is 2. The molecule has 1 aromatic carbocycles. The maximum Gasteiger partial charge on any atom is 0.337 e. The van der Waals surface area contributed by atoms with Crippen LogP contribution in [0.5, 0.6) is 0 Å². The molecule has 0 fully saturated rings. The zero-order valence-electron chi connectivity index (χ0n) is 10.4. The number of carboxylic acid groups (broad SMARTS) is 1. The summed E-state index contributed by atoms with van der Waals surface area (Å²) in [6, 6.07) is 7.78. The summed E-state index contributed by atoms with van der Waals surface area (Å²) < 4.78 is 0. The SMILES string of the molecule is Cc1cc(Sc2ccc(C(=O)O)cn2)cc([N+](=O)[O-])c1. The molecule has 0 spiro atoms. The van der Waals surface area contributed by atoms with Crippen LogP contribution in [0.3, 0.4) is 0 Å². The fourth-order valence-electron chi connectivity index (χ4n) is 1.58. The molecule has 2 aromatic rings. The van der Waals surface area contributed by atoms with Gasteiger partial charge < -0.3 is 5.11 Å². The summed E-state index contributed by atoms with van der Waals surface area (Å²) in [7, 11) is 0. The third-order valence-electron chi connectivity index (χ3n) is 2.45. The van der Waals surface area contributed by atoms with Gasteiger partial charge in [0.2, 0.25) is 0 Å². The molecule has 0 saturated heterocycles. The molecule has 20 heavy (non-hydrogen) atoms. The Labute approximate surface area is 118 Å². The summed E-state index contributed by atoms with van der Waals surface area (Å²) >= 11 is 1.25. The second kappa shape index (κ2) is 5.70. The monoisotopic (exact) mass is 290 g/mol. The van der Waals surface area contributed by atoms with Crippen molar-refractivity contribution in [3.63, 3.8) is 0 Å². The average Bonchev–Trinajstić information content (AvgIpc) is 2.38. The summed E-state index contributed by atoms with van der Waals surface area (Å²) in [5, 5.41) is 20.1. The van der Waals surface area contributed by atoms with E-state index >= 15 is 0 Å². The number of benzene rings is 1. The van der Waals surface area contributed by atoms with E-state index < -0.39 is 10.9 Å². The van der Waals surface area contributed by atoms with Gasteiger partial charge in [-0.15, -0.1) is 0 Å². The Balaban J connectivity index is 2.25. The molecular weight excluding hydrogens is 280 g/mol. The maximum atomic E-state index is 10.8. The topological polar surface area (TPSA) is 93.3 Å². The minimum Gasteiger partial charge on any atom is -0.478 e. The highest BCUT2D eigenvalue weighted by Crippen LogP contribution is 2.30. The molecule has 0 bridgehead atoms. The summed E-state index contributed by atoms with van der Waals surface area (Å²) in [5.74, 6) is -1.04. The summed E-state index contributed by atoms with van der Waals surface area (Å²) in [6.07, 6.45) is 1.26. The minimum absolute atomic E-state index is 0.0228. The lowest BCUT2D eigenvalue weighted by Crippen LogP contribution is -1.96. The summed E-state index contributed by atoms with van der Waals surface area (Å²) in [5.41, 5.74) is 0.906. The normalized spacial score (nSPS) is 10.2. The van der Waals surface area contributed by atoms with Crippen LogP contribution >= 0.6 is 11.8 Å². The number of pyridine rings is 1. The quantitative estimate of drug-likeness (QED) is 0.686. The lowest BCUT2D eigenvalue weighted by atomic mass is 10.2. The second-order valence-corrected chi connectivity index (χ2v) is 5.15. The number of aryl methyl sites for hydroxylation is 1. The zero-order chi connectivity index (χ0) is 14.7. The third-order valence-corrected chi connectivity index (χ3v) is 3.37. The first-order chi connectivity index (χ1) is 9.45. The predicted octanol–water partition coefficient (Wildman–Crippen LogP) is 3.15. The van der Waals surface area contributed by atoms with E-state index in [4.69, 9.17) is 5.11 Å². The number of carbonyl (C=O) groups is 1. The van der Waals surface area contributed by atoms with Gasteiger partial charge >= 0.3 is 5.97 Å². The van der Waals surface area contributed by atoms with E-state index in [1.165, 1.54) is 36.2 Å². The molecule has 0 saturated carbocycles. The fourth-order valence-corrected chi connectivity index (χ4v) is 2.49. The predicted molar refractivity (Wildman–Crippen MR) is 73.2 cm³/mol. The van der Waals surface area contributed by atoms with Gasteiger partial charge in [0, 0.05) is 23.2 Å². The van der Waals surface area contributed by atoms with Crippen molar-refractivity contribution in [2.45, 2.75) is 16.8 Å². The first-order valence-electron chi connectivity index (χ1n) is 5.59. The van der Waals surface area contributed by atoms with Crippen LogP contribution < -0.4 is 0 Å².